The molecule has 1 aromatic heterocycles. The Morgan fingerprint density at radius 2 is 2.06 bits per heavy atom. The molecule has 8 nitrogen and oxygen atoms in total. The molecule has 0 saturated carbocycles. The fourth-order valence-electron chi connectivity index (χ4n) is 4.90. The van der Waals surface area contributed by atoms with E-state index in [-0.39, 0.29) is 12.5 Å². The lowest BCUT2D eigenvalue weighted by molar-refractivity contribution is -0.105. The van der Waals surface area contributed by atoms with Gasteiger partial charge in [0, 0.05) is 55.4 Å². The zero-order valence-electron chi connectivity index (χ0n) is 20.3. The molecule has 9 heteroatoms. The van der Waals surface area contributed by atoms with Crippen LogP contribution in [0.4, 0.5) is 10.1 Å². The minimum atomic E-state index is -0.629. The number of aliphatic hydroxyl groups is 1. The van der Waals surface area contributed by atoms with E-state index in [1.807, 2.05) is 19.9 Å². The van der Waals surface area contributed by atoms with Crippen molar-refractivity contribution in [1.29, 1.82) is 0 Å². The number of anilines is 1. The molecule has 0 aliphatic carbocycles. The lowest BCUT2D eigenvalue weighted by Gasteiger charge is -2.31. The summed E-state index contributed by atoms with van der Waals surface area (Å²) in [6.45, 7) is 8.04. The molecule has 3 N–H and O–H groups in total. The van der Waals surface area contributed by atoms with Gasteiger partial charge in [-0.05, 0) is 62.1 Å². The van der Waals surface area contributed by atoms with E-state index in [9.17, 15) is 19.1 Å². The first-order valence-electron chi connectivity index (χ1n) is 12.0. The Bertz CT molecular complexity index is 1110. The molecule has 1 fully saturated rings. The van der Waals surface area contributed by atoms with E-state index in [1.54, 1.807) is 4.90 Å². The minimum Gasteiger partial charge on any atom is -0.390 e. The van der Waals surface area contributed by atoms with E-state index in [0.717, 1.165) is 48.5 Å². The van der Waals surface area contributed by atoms with Gasteiger partial charge in [0.1, 0.15) is 5.82 Å². The van der Waals surface area contributed by atoms with Gasteiger partial charge in [-0.25, -0.2) is 4.39 Å². The number of hydrogen-bond donors (Lipinski definition) is 3. The SMILES string of the molecule is C/C(=C\c1[nH]c2c(c1C)C(=O)N(CC(O)CN1CCOCC1)CCC2)c1cc(F)ccc1NC=O. The van der Waals surface area contributed by atoms with Gasteiger partial charge in [-0.1, -0.05) is 0 Å². The summed E-state index contributed by atoms with van der Waals surface area (Å²) >= 11 is 0. The normalized spacial score (nSPS) is 18.2. The maximum absolute atomic E-state index is 13.9. The molecule has 0 spiro atoms. The van der Waals surface area contributed by atoms with Crippen LogP contribution in [0.15, 0.2) is 18.2 Å². The van der Waals surface area contributed by atoms with Crippen LogP contribution in [0.5, 0.6) is 0 Å². The first-order valence-corrected chi connectivity index (χ1v) is 12.0. The topological polar surface area (TPSA) is 97.9 Å². The van der Waals surface area contributed by atoms with E-state index in [1.165, 1.54) is 18.2 Å². The predicted molar refractivity (Wildman–Crippen MR) is 133 cm³/mol. The van der Waals surface area contributed by atoms with E-state index >= 15 is 0 Å². The number of carbonyl (C=O) groups excluding carboxylic acids is 2. The van der Waals surface area contributed by atoms with Crippen LogP contribution < -0.4 is 5.32 Å². The molecule has 2 aliphatic rings. The molecule has 2 amide bonds. The third kappa shape index (κ3) is 5.80. The van der Waals surface area contributed by atoms with Crippen LogP contribution in [0.2, 0.25) is 0 Å². The molecule has 3 heterocycles. The molecule has 1 atom stereocenters. The fourth-order valence-corrected chi connectivity index (χ4v) is 4.90. The van der Waals surface area contributed by atoms with Gasteiger partial charge in [0.05, 0.1) is 24.9 Å². The number of halogens is 1. The molecule has 0 radical (unpaired) electrons. The highest BCUT2D eigenvalue weighted by molar-refractivity contribution is 5.99. The number of aliphatic hydroxyl groups excluding tert-OH is 1. The molecule has 1 aromatic carbocycles. The number of amides is 2. The van der Waals surface area contributed by atoms with Crippen molar-refractivity contribution in [1.82, 2.24) is 14.8 Å². The van der Waals surface area contributed by atoms with Crippen molar-refractivity contribution in [3.8, 4) is 0 Å². The van der Waals surface area contributed by atoms with Crippen LogP contribution >= 0.6 is 0 Å². The smallest absolute Gasteiger partial charge is 0.256 e. The van der Waals surface area contributed by atoms with Gasteiger partial charge < -0.3 is 25.0 Å². The Hall–Kier alpha value is -3.01. The number of morpholine rings is 1. The fraction of sp³-hybridized carbons (Fsp3) is 0.462. The number of nitrogens with one attached hydrogen (secondary N) is 2. The highest BCUT2D eigenvalue weighted by atomic mass is 19.1. The number of carbonyl (C=O) groups is 2. The lowest BCUT2D eigenvalue weighted by atomic mass is 10.0. The van der Waals surface area contributed by atoms with Crippen LogP contribution in [0.25, 0.3) is 11.6 Å². The zero-order chi connectivity index (χ0) is 24.9. The number of aryl methyl sites for hydroxylation is 1. The Morgan fingerprint density at radius 3 is 2.80 bits per heavy atom. The average Bonchev–Trinajstić information content (AvgIpc) is 3.05. The zero-order valence-corrected chi connectivity index (χ0v) is 20.3. The van der Waals surface area contributed by atoms with Crippen molar-refractivity contribution in [2.75, 3.05) is 51.3 Å². The lowest BCUT2D eigenvalue weighted by Crippen LogP contribution is -2.46. The molecule has 35 heavy (non-hydrogen) atoms. The highest BCUT2D eigenvalue weighted by Gasteiger charge is 2.29. The third-order valence-corrected chi connectivity index (χ3v) is 6.71. The van der Waals surface area contributed by atoms with Crippen molar-refractivity contribution >= 4 is 29.7 Å². The summed E-state index contributed by atoms with van der Waals surface area (Å²) in [5.41, 5.74) is 4.95. The Labute approximate surface area is 204 Å². The van der Waals surface area contributed by atoms with Crippen LogP contribution in [-0.4, -0.2) is 84.2 Å². The number of allylic oxidation sites excluding steroid dienone is 1. The Kier molecular flexibility index (Phi) is 8.00. The third-order valence-electron chi connectivity index (χ3n) is 6.71. The van der Waals surface area contributed by atoms with Crippen molar-refractivity contribution in [3.63, 3.8) is 0 Å². The number of fused-ring (bicyclic) bond motifs is 1. The van der Waals surface area contributed by atoms with Gasteiger partial charge in [-0.15, -0.1) is 0 Å². The minimum absolute atomic E-state index is 0.0846. The van der Waals surface area contributed by atoms with E-state index in [4.69, 9.17) is 4.74 Å². The number of rotatable bonds is 8. The van der Waals surface area contributed by atoms with Gasteiger partial charge in [0.2, 0.25) is 6.41 Å². The standard InChI is InChI=1S/C26H33FN4O4/c1-17(21-13-19(27)5-6-22(21)28-16-32)12-24-18(2)25-23(29-24)4-3-7-31(26(25)34)15-20(33)14-30-8-10-35-11-9-30/h5-6,12-13,16,20,29,33H,3-4,7-11,14-15H2,1-2H3,(H,28,32)/b17-12+. The molecule has 1 unspecified atom stereocenters. The number of aromatic amines is 1. The maximum Gasteiger partial charge on any atom is 0.256 e. The average molecular weight is 485 g/mol. The van der Waals surface area contributed by atoms with Crippen molar-refractivity contribution in [3.05, 3.63) is 52.1 Å². The second kappa shape index (κ2) is 11.2. The number of aromatic nitrogens is 1. The Morgan fingerprint density at radius 1 is 1.29 bits per heavy atom. The molecule has 2 aliphatic heterocycles. The summed E-state index contributed by atoms with van der Waals surface area (Å²) in [4.78, 5) is 31.7. The van der Waals surface area contributed by atoms with E-state index in [0.29, 0.717) is 49.5 Å². The number of H-pyrrole nitrogens is 1. The second-order valence-electron chi connectivity index (χ2n) is 9.22. The van der Waals surface area contributed by atoms with Crippen LogP contribution in [0, 0.1) is 12.7 Å². The van der Waals surface area contributed by atoms with Crippen molar-refractivity contribution < 1.29 is 23.8 Å². The summed E-state index contributed by atoms with van der Waals surface area (Å²) in [5.74, 6) is -0.483. The summed E-state index contributed by atoms with van der Waals surface area (Å²) < 4.78 is 19.3. The van der Waals surface area contributed by atoms with Gasteiger partial charge >= 0.3 is 0 Å². The van der Waals surface area contributed by atoms with Gasteiger partial charge in [0.25, 0.3) is 5.91 Å². The molecule has 2 aromatic rings. The number of benzene rings is 1. The van der Waals surface area contributed by atoms with Crippen LogP contribution in [-0.2, 0) is 16.0 Å². The molecule has 0 bridgehead atoms. The summed E-state index contributed by atoms with van der Waals surface area (Å²) in [5, 5.41) is 13.3. The monoisotopic (exact) mass is 484 g/mol. The molecule has 188 valence electrons. The predicted octanol–water partition coefficient (Wildman–Crippen LogP) is 2.67. The summed E-state index contributed by atoms with van der Waals surface area (Å²) in [6.07, 6.45) is 3.33. The molecular formula is C26H33FN4O4. The van der Waals surface area contributed by atoms with Gasteiger partial charge in [0.15, 0.2) is 0 Å². The first-order chi connectivity index (χ1) is 16.9. The summed E-state index contributed by atoms with van der Waals surface area (Å²) in [7, 11) is 0. The highest BCUT2D eigenvalue weighted by Crippen LogP contribution is 2.30. The van der Waals surface area contributed by atoms with Crippen LogP contribution in [0.1, 0.15) is 46.2 Å². The molecule has 1 saturated heterocycles. The maximum atomic E-state index is 13.9. The molecular weight excluding hydrogens is 451 g/mol. The second-order valence-corrected chi connectivity index (χ2v) is 9.22. The van der Waals surface area contributed by atoms with E-state index in [2.05, 4.69) is 15.2 Å². The molecule has 4 rings (SSSR count). The Balaban J connectivity index is 1.55. The number of hydrogen-bond acceptors (Lipinski definition) is 5. The van der Waals surface area contributed by atoms with Crippen molar-refractivity contribution in [2.24, 2.45) is 0 Å². The van der Waals surface area contributed by atoms with Gasteiger partial charge in [-0.2, -0.15) is 0 Å². The number of β-amino-alcohol motifs (C(OH)–C–C–N with tert-alkyl or cyclic N) is 1. The summed E-state index contributed by atoms with van der Waals surface area (Å²) in [6, 6.07) is 4.20. The largest absolute Gasteiger partial charge is 0.390 e. The quantitative estimate of drug-likeness (QED) is 0.501. The van der Waals surface area contributed by atoms with Gasteiger partial charge in [-0.3, -0.25) is 14.5 Å². The number of ether oxygens (including phenoxy) is 1. The number of nitrogens with zero attached hydrogens (tertiary/aromatic N) is 2. The van der Waals surface area contributed by atoms with E-state index < -0.39 is 11.9 Å². The first kappa shape index (κ1) is 25.1. The van der Waals surface area contributed by atoms with Crippen LogP contribution in [0.3, 0.4) is 0 Å². The van der Waals surface area contributed by atoms with Crippen molar-refractivity contribution in [2.45, 2.75) is 32.8 Å².